The van der Waals surface area contributed by atoms with Crippen LogP contribution in [0.4, 0.5) is 18.9 Å². The summed E-state index contributed by atoms with van der Waals surface area (Å²) in [4.78, 5) is 6.35. The first-order chi connectivity index (χ1) is 14.0. The molecule has 29 heavy (non-hydrogen) atoms. The Bertz CT molecular complexity index is 980. The van der Waals surface area contributed by atoms with Gasteiger partial charge in [0, 0.05) is 17.1 Å². The van der Waals surface area contributed by atoms with Crippen LogP contribution in [0.25, 0.3) is 22.5 Å². The summed E-state index contributed by atoms with van der Waals surface area (Å²) in [5.74, 6) is 0.170. The predicted molar refractivity (Wildman–Crippen MR) is 103 cm³/mol. The molecule has 7 nitrogen and oxygen atoms in total. The zero-order valence-corrected chi connectivity index (χ0v) is 16.0. The van der Waals surface area contributed by atoms with E-state index >= 15 is 0 Å². The lowest BCUT2D eigenvalue weighted by Crippen LogP contribution is -2.36. The maximum absolute atomic E-state index is 14.6. The number of nitrogens with one attached hydrogen (secondary N) is 1. The molecule has 2 aromatic heterocycles. The quantitative estimate of drug-likeness (QED) is 0.650. The van der Waals surface area contributed by atoms with Gasteiger partial charge in [0.1, 0.15) is 5.69 Å². The van der Waals surface area contributed by atoms with Crippen molar-refractivity contribution in [2.75, 3.05) is 25.5 Å². The maximum atomic E-state index is 14.6. The molecule has 3 aromatic rings. The number of halogens is 3. The molecule has 1 aliphatic rings. The fraction of sp³-hybridized carbons (Fsp3) is 0.474. The largest absolute Gasteiger partial charge is 0.382 e. The van der Waals surface area contributed by atoms with Gasteiger partial charge in [-0.25, -0.2) is 13.2 Å². The van der Waals surface area contributed by atoms with Crippen molar-refractivity contribution in [3.05, 3.63) is 30.1 Å². The Morgan fingerprint density at radius 2 is 2.03 bits per heavy atom. The number of rotatable bonds is 6. The minimum absolute atomic E-state index is 0.0283. The minimum atomic E-state index is -3.20. The Labute approximate surface area is 165 Å². The summed E-state index contributed by atoms with van der Waals surface area (Å²) in [7, 11) is 2.08. The van der Waals surface area contributed by atoms with Crippen molar-refractivity contribution in [2.24, 2.45) is 5.73 Å². The van der Waals surface area contributed by atoms with Crippen LogP contribution in [0.2, 0.25) is 0 Å². The number of benzene rings is 1. The predicted octanol–water partition coefficient (Wildman–Crippen LogP) is 3.39. The van der Waals surface area contributed by atoms with Crippen LogP contribution in [0.3, 0.4) is 0 Å². The minimum Gasteiger partial charge on any atom is -0.382 e. The Kier molecular flexibility index (Phi) is 5.46. The van der Waals surface area contributed by atoms with Crippen molar-refractivity contribution >= 4 is 16.6 Å². The second-order valence-electron chi connectivity index (χ2n) is 7.29. The molecule has 1 saturated heterocycles. The SMILES string of the molecule is CN1CCC(Nc2cccc3c2cc(-c2nc(CN)no2)n3C(F)C(F)F)CC1. The van der Waals surface area contributed by atoms with E-state index in [9.17, 15) is 13.2 Å². The molecule has 0 aliphatic carbocycles. The van der Waals surface area contributed by atoms with Gasteiger partial charge in [0.05, 0.1) is 12.1 Å². The highest BCUT2D eigenvalue weighted by Crippen LogP contribution is 2.37. The maximum Gasteiger partial charge on any atom is 0.288 e. The third-order valence-corrected chi connectivity index (χ3v) is 5.29. The Morgan fingerprint density at radius 3 is 2.69 bits per heavy atom. The molecule has 4 rings (SSSR count). The monoisotopic (exact) mass is 408 g/mol. The molecule has 1 unspecified atom stereocenters. The van der Waals surface area contributed by atoms with Gasteiger partial charge in [0.25, 0.3) is 12.3 Å². The Balaban J connectivity index is 1.78. The molecule has 1 aliphatic heterocycles. The van der Waals surface area contributed by atoms with Crippen molar-refractivity contribution < 1.29 is 17.7 Å². The van der Waals surface area contributed by atoms with Crippen LogP contribution in [0.1, 0.15) is 25.0 Å². The smallest absolute Gasteiger partial charge is 0.288 e. The summed E-state index contributed by atoms with van der Waals surface area (Å²) < 4.78 is 47.2. The van der Waals surface area contributed by atoms with E-state index < -0.39 is 12.7 Å². The topological polar surface area (TPSA) is 85.1 Å². The highest BCUT2D eigenvalue weighted by Gasteiger charge is 2.29. The van der Waals surface area contributed by atoms with E-state index in [4.69, 9.17) is 10.3 Å². The average molecular weight is 408 g/mol. The normalized spacial score (nSPS) is 17.3. The fourth-order valence-corrected chi connectivity index (χ4v) is 3.73. The van der Waals surface area contributed by atoms with Crippen LogP contribution in [0.15, 0.2) is 28.8 Å². The molecule has 1 aromatic carbocycles. The summed E-state index contributed by atoms with van der Waals surface area (Å²) in [6.45, 7) is 1.98. The fourth-order valence-electron chi connectivity index (χ4n) is 3.73. The first kappa shape index (κ1) is 19.7. The lowest BCUT2D eigenvalue weighted by molar-refractivity contribution is 0.0113. The lowest BCUT2D eigenvalue weighted by Gasteiger charge is -2.30. The summed E-state index contributed by atoms with van der Waals surface area (Å²) in [5, 5.41) is 7.80. The number of nitrogens with zero attached hydrogens (tertiary/aromatic N) is 4. The van der Waals surface area contributed by atoms with Crippen molar-refractivity contribution in [3.63, 3.8) is 0 Å². The van der Waals surface area contributed by atoms with Crippen LogP contribution < -0.4 is 11.1 Å². The van der Waals surface area contributed by atoms with Crippen molar-refractivity contribution in [1.29, 1.82) is 0 Å². The number of piperidine rings is 1. The third kappa shape index (κ3) is 3.82. The number of anilines is 1. The molecule has 156 valence electrons. The Morgan fingerprint density at radius 1 is 1.28 bits per heavy atom. The van der Waals surface area contributed by atoms with Gasteiger partial charge < -0.3 is 25.0 Å². The van der Waals surface area contributed by atoms with E-state index in [-0.39, 0.29) is 30.0 Å². The molecule has 0 spiro atoms. The molecule has 10 heteroatoms. The van der Waals surface area contributed by atoms with E-state index in [2.05, 4.69) is 27.4 Å². The van der Waals surface area contributed by atoms with Gasteiger partial charge in [-0.3, -0.25) is 0 Å². The summed E-state index contributed by atoms with van der Waals surface area (Å²) >= 11 is 0. The van der Waals surface area contributed by atoms with E-state index in [1.165, 1.54) is 0 Å². The molecule has 1 atom stereocenters. The molecule has 1 fully saturated rings. The highest BCUT2D eigenvalue weighted by molar-refractivity contribution is 5.96. The van der Waals surface area contributed by atoms with Gasteiger partial charge in [-0.1, -0.05) is 11.2 Å². The van der Waals surface area contributed by atoms with Gasteiger partial charge in [0.2, 0.25) is 6.30 Å². The molecule has 0 saturated carbocycles. The first-order valence-corrected chi connectivity index (χ1v) is 9.52. The van der Waals surface area contributed by atoms with Gasteiger partial charge in [-0.15, -0.1) is 0 Å². The number of alkyl halides is 3. The second kappa shape index (κ2) is 8.03. The van der Waals surface area contributed by atoms with Crippen LogP contribution >= 0.6 is 0 Å². The zero-order chi connectivity index (χ0) is 20.5. The second-order valence-corrected chi connectivity index (χ2v) is 7.29. The van der Waals surface area contributed by atoms with Crippen molar-refractivity contribution in [2.45, 2.75) is 38.1 Å². The Hall–Kier alpha value is -2.59. The van der Waals surface area contributed by atoms with Crippen molar-refractivity contribution in [1.82, 2.24) is 19.6 Å². The number of fused-ring (bicyclic) bond motifs is 1. The van der Waals surface area contributed by atoms with Crippen LogP contribution in [-0.4, -0.2) is 52.2 Å². The summed E-state index contributed by atoms with van der Waals surface area (Å²) in [6.07, 6.45) is -3.82. The van der Waals surface area contributed by atoms with Crippen molar-refractivity contribution in [3.8, 4) is 11.6 Å². The molecule has 0 amide bonds. The number of likely N-dealkylation sites (tertiary alicyclic amines) is 1. The molecular formula is C19H23F3N6O. The summed E-state index contributed by atoms with van der Waals surface area (Å²) in [5.41, 5.74) is 6.69. The van der Waals surface area contributed by atoms with E-state index in [1.54, 1.807) is 18.2 Å². The van der Waals surface area contributed by atoms with E-state index in [0.29, 0.717) is 10.9 Å². The average Bonchev–Trinajstić information content (AvgIpc) is 3.34. The summed E-state index contributed by atoms with van der Waals surface area (Å²) in [6, 6.07) is 7.05. The molecule has 3 N–H and O–H groups in total. The molecule has 0 bridgehead atoms. The highest BCUT2D eigenvalue weighted by atomic mass is 19.3. The van der Waals surface area contributed by atoms with Gasteiger partial charge in [0.15, 0.2) is 5.82 Å². The van der Waals surface area contributed by atoms with E-state index in [1.807, 2.05) is 6.07 Å². The number of nitrogens with two attached hydrogens (primary N) is 1. The number of hydrogen-bond donors (Lipinski definition) is 2. The van der Waals surface area contributed by atoms with Gasteiger partial charge in [-0.2, -0.15) is 4.98 Å². The first-order valence-electron chi connectivity index (χ1n) is 9.52. The van der Waals surface area contributed by atoms with E-state index in [0.717, 1.165) is 36.2 Å². The lowest BCUT2D eigenvalue weighted by atomic mass is 10.0. The number of hydrogen-bond acceptors (Lipinski definition) is 6. The zero-order valence-electron chi connectivity index (χ0n) is 16.0. The third-order valence-electron chi connectivity index (χ3n) is 5.29. The number of aromatic nitrogens is 3. The van der Waals surface area contributed by atoms with Crippen LogP contribution in [0, 0.1) is 0 Å². The molecule has 0 radical (unpaired) electrons. The standard InChI is InChI=1S/C19H23F3N6O/c1-27-7-5-11(6-8-27)24-13-3-2-4-14-12(13)9-15(28(14)18(22)17(20)21)19-25-16(10-23)26-29-19/h2-4,9,11,17-18,24H,5-8,10,23H2,1H3. The van der Waals surface area contributed by atoms with Crippen LogP contribution in [0.5, 0.6) is 0 Å². The molecule has 3 heterocycles. The molecular weight excluding hydrogens is 385 g/mol. The van der Waals surface area contributed by atoms with Gasteiger partial charge >= 0.3 is 0 Å². The van der Waals surface area contributed by atoms with Crippen LogP contribution in [-0.2, 0) is 6.54 Å². The van der Waals surface area contributed by atoms with Gasteiger partial charge in [-0.05, 0) is 51.2 Å².